The van der Waals surface area contributed by atoms with Crippen LogP contribution in [0.3, 0.4) is 0 Å². The van der Waals surface area contributed by atoms with Gasteiger partial charge >= 0.3 is 0 Å². The normalized spacial score (nSPS) is 12.7. The molecule has 2 nitrogen and oxygen atoms in total. The maximum atomic E-state index is 13.5. The number of nitrogens with one attached hydrogen (secondary N) is 1. The summed E-state index contributed by atoms with van der Waals surface area (Å²) < 4.78 is 32.4. The van der Waals surface area contributed by atoms with Crippen molar-refractivity contribution in [2.45, 2.75) is 26.4 Å². The van der Waals surface area contributed by atoms with Crippen molar-refractivity contribution in [1.29, 1.82) is 0 Å². The number of furan rings is 1. The van der Waals surface area contributed by atoms with E-state index in [1.807, 2.05) is 19.1 Å². The Morgan fingerprint density at radius 2 is 1.83 bits per heavy atom. The Bertz CT molecular complexity index is 516. The van der Waals surface area contributed by atoms with Gasteiger partial charge in [-0.1, -0.05) is 6.07 Å². The largest absolute Gasteiger partial charge is 0.465 e. The molecule has 1 atom stereocenters. The molecule has 0 radical (unpaired) electrons. The van der Waals surface area contributed by atoms with Crippen molar-refractivity contribution in [2.24, 2.45) is 0 Å². The van der Waals surface area contributed by atoms with E-state index in [9.17, 15) is 8.78 Å². The van der Waals surface area contributed by atoms with Crippen LogP contribution in [0.4, 0.5) is 8.78 Å². The monoisotopic (exact) mass is 251 g/mol. The summed E-state index contributed by atoms with van der Waals surface area (Å²) >= 11 is 0. The third-order valence-corrected chi connectivity index (χ3v) is 2.81. The summed E-state index contributed by atoms with van der Waals surface area (Å²) in [6, 6.07) is 7.15. The first-order chi connectivity index (χ1) is 8.58. The first-order valence-electron chi connectivity index (χ1n) is 5.80. The summed E-state index contributed by atoms with van der Waals surface area (Å²) in [5.74, 6) is 0.490. The molecule has 2 aromatic rings. The molecule has 96 valence electrons. The average molecular weight is 251 g/mol. The second-order valence-electron chi connectivity index (χ2n) is 4.25. The van der Waals surface area contributed by atoms with E-state index < -0.39 is 17.7 Å². The van der Waals surface area contributed by atoms with Crippen molar-refractivity contribution in [3.8, 4) is 0 Å². The summed E-state index contributed by atoms with van der Waals surface area (Å²) in [4.78, 5) is 0. The van der Waals surface area contributed by atoms with Crippen molar-refractivity contribution in [3.05, 3.63) is 59.1 Å². The molecule has 1 N–H and O–H groups in total. The van der Waals surface area contributed by atoms with Crippen LogP contribution < -0.4 is 5.32 Å². The highest BCUT2D eigenvalue weighted by molar-refractivity contribution is 5.22. The topological polar surface area (TPSA) is 25.2 Å². The van der Waals surface area contributed by atoms with Crippen LogP contribution in [-0.2, 0) is 6.54 Å². The van der Waals surface area contributed by atoms with E-state index >= 15 is 0 Å². The summed E-state index contributed by atoms with van der Waals surface area (Å²) in [5.41, 5.74) is 0.0563. The van der Waals surface area contributed by atoms with Gasteiger partial charge in [-0.05, 0) is 38.1 Å². The Morgan fingerprint density at radius 3 is 2.39 bits per heavy atom. The molecule has 4 heteroatoms. The van der Waals surface area contributed by atoms with Gasteiger partial charge in [0, 0.05) is 11.6 Å². The van der Waals surface area contributed by atoms with Crippen LogP contribution in [0.1, 0.15) is 30.0 Å². The van der Waals surface area contributed by atoms with Crippen molar-refractivity contribution in [3.63, 3.8) is 0 Å². The first kappa shape index (κ1) is 12.8. The molecule has 0 aliphatic heterocycles. The lowest BCUT2D eigenvalue weighted by Gasteiger charge is -2.14. The fourth-order valence-corrected chi connectivity index (χ4v) is 1.86. The van der Waals surface area contributed by atoms with Gasteiger partial charge in [0.2, 0.25) is 0 Å². The minimum atomic E-state index is -0.536. The van der Waals surface area contributed by atoms with Gasteiger partial charge in [0.15, 0.2) is 0 Å². The molecule has 1 aromatic heterocycles. The third kappa shape index (κ3) is 2.76. The van der Waals surface area contributed by atoms with Crippen LogP contribution in [-0.4, -0.2) is 0 Å². The standard InChI is InChI=1S/C14H15F2NO/c1-9-6-7-11(18-9)8-17-10(2)14-12(15)4-3-5-13(14)16/h3-7,10,17H,8H2,1-2H3. The lowest BCUT2D eigenvalue weighted by Crippen LogP contribution is -2.20. The number of hydrogen-bond donors (Lipinski definition) is 1. The van der Waals surface area contributed by atoms with Gasteiger partial charge in [-0.25, -0.2) is 8.78 Å². The van der Waals surface area contributed by atoms with Crippen LogP contribution in [0.5, 0.6) is 0 Å². The Kier molecular flexibility index (Phi) is 3.77. The zero-order chi connectivity index (χ0) is 13.1. The summed E-state index contributed by atoms with van der Waals surface area (Å²) in [7, 11) is 0. The van der Waals surface area contributed by atoms with Crippen molar-refractivity contribution < 1.29 is 13.2 Å². The van der Waals surface area contributed by atoms with Crippen molar-refractivity contribution in [1.82, 2.24) is 5.32 Å². The molecular weight excluding hydrogens is 236 g/mol. The molecule has 0 saturated carbocycles. The maximum Gasteiger partial charge on any atom is 0.130 e. The van der Waals surface area contributed by atoms with E-state index in [0.717, 1.165) is 11.5 Å². The zero-order valence-electron chi connectivity index (χ0n) is 10.3. The van der Waals surface area contributed by atoms with Gasteiger partial charge in [-0.2, -0.15) is 0 Å². The Morgan fingerprint density at radius 1 is 1.17 bits per heavy atom. The van der Waals surface area contributed by atoms with Gasteiger partial charge < -0.3 is 9.73 Å². The van der Waals surface area contributed by atoms with Gasteiger partial charge in [0.25, 0.3) is 0 Å². The average Bonchev–Trinajstić information content (AvgIpc) is 2.72. The van der Waals surface area contributed by atoms with E-state index in [2.05, 4.69) is 5.32 Å². The van der Waals surface area contributed by atoms with Gasteiger partial charge in [-0.3, -0.25) is 0 Å². The minimum Gasteiger partial charge on any atom is -0.465 e. The van der Waals surface area contributed by atoms with E-state index in [-0.39, 0.29) is 5.56 Å². The molecule has 0 bridgehead atoms. The number of hydrogen-bond acceptors (Lipinski definition) is 2. The van der Waals surface area contributed by atoms with Crippen LogP contribution in [0.15, 0.2) is 34.7 Å². The van der Waals surface area contributed by atoms with Crippen LogP contribution in [0, 0.1) is 18.6 Å². The smallest absolute Gasteiger partial charge is 0.130 e. The predicted molar refractivity (Wildman–Crippen MR) is 65.1 cm³/mol. The third-order valence-electron chi connectivity index (χ3n) is 2.81. The summed E-state index contributed by atoms with van der Waals surface area (Å²) in [6.07, 6.45) is 0. The predicted octanol–water partition coefficient (Wildman–Crippen LogP) is 3.72. The summed E-state index contributed by atoms with van der Waals surface area (Å²) in [5, 5.41) is 3.04. The molecule has 0 saturated heterocycles. The molecule has 0 spiro atoms. The minimum absolute atomic E-state index is 0.0563. The second-order valence-corrected chi connectivity index (χ2v) is 4.25. The molecule has 1 aromatic carbocycles. The van der Waals surface area contributed by atoms with Crippen LogP contribution in [0.2, 0.25) is 0 Å². The van der Waals surface area contributed by atoms with E-state index in [4.69, 9.17) is 4.42 Å². The van der Waals surface area contributed by atoms with Crippen LogP contribution >= 0.6 is 0 Å². The number of aryl methyl sites for hydroxylation is 1. The molecule has 18 heavy (non-hydrogen) atoms. The van der Waals surface area contributed by atoms with Gasteiger partial charge in [0.1, 0.15) is 23.2 Å². The lowest BCUT2D eigenvalue weighted by atomic mass is 10.1. The highest BCUT2D eigenvalue weighted by Crippen LogP contribution is 2.20. The fraction of sp³-hybridized carbons (Fsp3) is 0.286. The molecule has 2 rings (SSSR count). The van der Waals surface area contributed by atoms with E-state index in [1.165, 1.54) is 18.2 Å². The molecule has 1 heterocycles. The molecule has 0 fully saturated rings. The zero-order valence-corrected chi connectivity index (χ0v) is 10.3. The van der Waals surface area contributed by atoms with E-state index in [0.29, 0.717) is 6.54 Å². The molecule has 0 amide bonds. The Balaban J connectivity index is 2.06. The van der Waals surface area contributed by atoms with Crippen molar-refractivity contribution in [2.75, 3.05) is 0 Å². The molecule has 0 aliphatic rings. The highest BCUT2D eigenvalue weighted by atomic mass is 19.1. The second kappa shape index (κ2) is 5.31. The SMILES string of the molecule is Cc1ccc(CNC(C)c2c(F)cccc2F)o1. The molecule has 0 aliphatic carbocycles. The van der Waals surface area contributed by atoms with Gasteiger partial charge in [-0.15, -0.1) is 0 Å². The van der Waals surface area contributed by atoms with Crippen molar-refractivity contribution >= 4 is 0 Å². The fourth-order valence-electron chi connectivity index (χ4n) is 1.86. The summed E-state index contributed by atoms with van der Waals surface area (Å²) in [6.45, 7) is 4.00. The highest BCUT2D eigenvalue weighted by Gasteiger charge is 2.15. The molecule has 1 unspecified atom stereocenters. The number of halogens is 2. The molecular formula is C14H15F2NO. The number of rotatable bonds is 4. The Hall–Kier alpha value is -1.68. The maximum absolute atomic E-state index is 13.5. The first-order valence-corrected chi connectivity index (χ1v) is 5.80. The number of benzene rings is 1. The Labute approximate surface area is 105 Å². The van der Waals surface area contributed by atoms with Gasteiger partial charge in [0.05, 0.1) is 6.54 Å². The quantitative estimate of drug-likeness (QED) is 0.896. The lowest BCUT2D eigenvalue weighted by molar-refractivity contribution is 0.430. The van der Waals surface area contributed by atoms with E-state index in [1.54, 1.807) is 6.92 Å². The van der Waals surface area contributed by atoms with Crippen LogP contribution in [0.25, 0.3) is 0 Å².